The lowest BCUT2D eigenvalue weighted by Gasteiger charge is -2.28. The molecule has 17 heteroatoms. The van der Waals surface area contributed by atoms with Crippen molar-refractivity contribution in [3.05, 3.63) is 0 Å². The predicted molar refractivity (Wildman–Crippen MR) is 243 cm³/mol. The Hall–Kier alpha value is -3.83. The van der Waals surface area contributed by atoms with Gasteiger partial charge >= 0.3 is 0 Å². The number of nitrogens with zero attached hydrogens (tertiary/aromatic N) is 1. The van der Waals surface area contributed by atoms with Crippen LogP contribution < -0.4 is 49.5 Å². The molecule has 61 heavy (non-hydrogen) atoms. The van der Waals surface area contributed by atoms with Crippen molar-refractivity contribution in [2.24, 2.45) is 33.8 Å². The Bertz CT molecular complexity index is 1260. The fourth-order valence-corrected chi connectivity index (χ4v) is 6.93. The Morgan fingerprint density at radius 3 is 1.33 bits per heavy atom. The zero-order valence-electron chi connectivity index (χ0n) is 38.2. The van der Waals surface area contributed by atoms with Crippen molar-refractivity contribution in [3.63, 3.8) is 0 Å². The maximum Gasteiger partial charge on any atom is 0.243 e. The molecule has 0 rings (SSSR count). The summed E-state index contributed by atoms with van der Waals surface area (Å²) in [6.45, 7) is 7.56. The lowest BCUT2D eigenvalue weighted by atomic mass is 10.0. The van der Waals surface area contributed by atoms with Gasteiger partial charge < -0.3 is 54.6 Å². The van der Waals surface area contributed by atoms with Crippen LogP contribution in [0.5, 0.6) is 0 Å². The summed E-state index contributed by atoms with van der Waals surface area (Å²) in [5.41, 5.74) is 22.3. The second-order valence-electron chi connectivity index (χ2n) is 16.8. The maximum atomic E-state index is 14.0. The lowest BCUT2D eigenvalue weighted by Crippen LogP contribution is -2.59. The number of guanidine groups is 1. The molecule has 0 spiro atoms. The number of aliphatic hydroxyl groups is 1. The first-order chi connectivity index (χ1) is 29.2. The van der Waals surface area contributed by atoms with Gasteiger partial charge in [-0.3, -0.25) is 33.8 Å². The highest BCUT2D eigenvalue weighted by Gasteiger charge is 2.32. The number of rotatable bonds is 39. The number of nitrogens with one attached hydrogen (secondary N) is 5. The minimum Gasteiger partial charge on any atom is -0.394 e. The summed E-state index contributed by atoms with van der Waals surface area (Å²) in [4.78, 5) is 83.8. The summed E-state index contributed by atoms with van der Waals surface area (Å²) in [6, 6.07) is -5.35. The van der Waals surface area contributed by atoms with E-state index in [1.54, 1.807) is 0 Å². The molecule has 0 fully saturated rings. The minimum absolute atomic E-state index is 0.0657. The van der Waals surface area contributed by atoms with E-state index in [0.717, 1.165) is 25.7 Å². The molecule has 0 unspecified atom stereocenters. The van der Waals surface area contributed by atoms with Gasteiger partial charge in [-0.15, -0.1) is 0 Å². The molecule has 0 aromatic heterocycles. The van der Waals surface area contributed by atoms with E-state index in [1.165, 1.54) is 64.7 Å². The van der Waals surface area contributed by atoms with Crippen molar-refractivity contribution in [1.82, 2.24) is 26.6 Å². The van der Waals surface area contributed by atoms with Crippen molar-refractivity contribution in [3.8, 4) is 0 Å². The Balaban J connectivity index is 5.72. The molecule has 0 aromatic carbocycles. The molecule has 0 aromatic rings. The van der Waals surface area contributed by atoms with Crippen LogP contribution >= 0.6 is 0 Å². The first-order valence-corrected chi connectivity index (χ1v) is 23.3. The lowest BCUT2D eigenvalue weighted by molar-refractivity contribution is -0.135. The molecule has 0 bridgehead atoms. The standard InChI is InChI=1S/C44H86N10O7/c1-5-6-7-8-9-10-11-12-13-14-15-16-17-26-39(57)50-34(23-18-20-27-45)40(58)51-35(24-19-21-28-46)41(59)53-37(30-32(2)3)43(61)52-36(25-22-29-49-44(47)48)42(60)54-38(31-55)33(4)56/h32,34-38,55H,5-31,45-46H2,1-4H3,(H,50,57)(H,51,58)(H,52,61)(H,53,59)(H,54,60)(H4,47,48,49)/t34-,35-,36-,37-,38-/m0/s1. The van der Waals surface area contributed by atoms with E-state index >= 15 is 0 Å². The van der Waals surface area contributed by atoms with E-state index < -0.39 is 66.2 Å². The summed E-state index contributed by atoms with van der Waals surface area (Å²) >= 11 is 0. The molecule has 5 atom stereocenters. The van der Waals surface area contributed by atoms with Gasteiger partial charge in [-0.1, -0.05) is 97.8 Å². The van der Waals surface area contributed by atoms with E-state index in [1.807, 2.05) is 13.8 Å². The number of nitrogens with two attached hydrogens (primary N) is 4. The first kappa shape index (κ1) is 57.2. The molecule has 354 valence electrons. The average molecular weight is 867 g/mol. The molecule has 0 heterocycles. The Morgan fingerprint density at radius 2 is 0.918 bits per heavy atom. The normalized spacial score (nSPS) is 13.6. The Kier molecular flexibility index (Phi) is 34.5. The number of amides is 5. The van der Waals surface area contributed by atoms with E-state index in [2.05, 4.69) is 38.5 Å². The quantitative estimate of drug-likeness (QED) is 0.0243. The van der Waals surface area contributed by atoms with Gasteiger partial charge in [0.2, 0.25) is 29.5 Å². The van der Waals surface area contributed by atoms with E-state index in [9.17, 15) is 33.9 Å². The molecule has 0 aliphatic carbocycles. The molecule has 0 saturated carbocycles. The van der Waals surface area contributed by atoms with Crippen LogP contribution in [0, 0.1) is 5.92 Å². The second-order valence-corrected chi connectivity index (χ2v) is 16.8. The second kappa shape index (κ2) is 36.8. The third-order valence-corrected chi connectivity index (χ3v) is 10.6. The van der Waals surface area contributed by atoms with Crippen LogP contribution in [-0.2, 0) is 28.8 Å². The number of unbranched alkanes of at least 4 members (excludes halogenated alkanes) is 14. The molecule has 0 saturated heterocycles. The number of aliphatic imine (C=N–C) groups is 1. The van der Waals surface area contributed by atoms with Gasteiger partial charge in [0.05, 0.1) is 6.61 Å². The predicted octanol–water partition coefficient (Wildman–Crippen LogP) is 2.83. The highest BCUT2D eigenvalue weighted by molar-refractivity contribution is 5.96. The summed E-state index contributed by atoms with van der Waals surface area (Å²) in [5, 5.41) is 23.3. The van der Waals surface area contributed by atoms with Gasteiger partial charge in [0.25, 0.3) is 0 Å². The van der Waals surface area contributed by atoms with Crippen LogP contribution in [0.25, 0.3) is 0 Å². The van der Waals surface area contributed by atoms with Crippen molar-refractivity contribution in [2.45, 2.75) is 206 Å². The van der Waals surface area contributed by atoms with Crippen molar-refractivity contribution < 1.29 is 33.9 Å². The van der Waals surface area contributed by atoms with E-state index in [-0.39, 0.29) is 43.6 Å². The number of ketones is 1. The van der Waals surface area contributed by atoms with Crippen LogP contribution in [0.3, 0.4) is 0 Å². The highest BCUT2D eigenvalue weighted by Crippen LogP contribution is 2.14. The third-order valence-electron chi connectivity index (χ3n) is 10.6. The fraction of sp³-hybridized carbons (Fsp3) is 0.841. The molecule has 0 aliphatic heterocycles. The van der Waals surface area contributed by atoms with Gasteiger partial charge in [0, 0.05) is 13.0 Å². The average Bonchev–Trinajstić information content (AvgIpc) is 3.21. The van der Waals surface area contributed by atoms with Crippen LogP contribution in [-0.4, -0.2) is 103 Å². The van der Waals surface area contributed by atoms with Crippen LogP contribution in [0.15, 0.2) is 4.99 Å². The number of carbonyl (C=O) groups is 6. The number of hydrogen-bond acceptors (Lipinski definition) is 10. The summed E-state index contributed by atoms with van der Waals surface area (Å²) in [5.74, 6) is -3.35. The first-order valence-electron chi connectivity index (χ1n) is 23.3. The number of Topliss-reactive ketones (excluding diaryl/α,β-unsaturated/α-hetero) is 1. The molecular formula is C44H86N10O7. The van der Waals surface area contributed by atoms with Gasteiger partial charge in [-0.05, 0) is 90.1 Å². The maximum absolute atomic E-state index is 14.0. The summed E-state index contributed by atoms with van der Waals surface area (Å²) in [7, 11) is 0. The monoisotopic (exact) mass is 867 g/mol. The fourth-order valence-electron chi connectivity index (χ4n) is 6.93. The van der Waals surface area contributed by atoms with Crippen LogP contribution in [0.2, 0.25) is 0 Å². The molecule has 0 radical (unpaired) electrons. The van der Waals surface area contributed by atoms with Crippen molar-refractivity contribution >= 4 is 41.3 Å². The van der Waals surface area contributed by atoms with Gasteiger partial charge in [0.15, 0.2) is 11.7 Å². The highest BCUT2D eigenvalue weighted by atomic mass is 16.3. The smallest absolute Gasteiger partial charge is 0.243 e. The topological polar surface area (TPSA) is 299 Å². The van der Waals surface area contributed by atoms with Crippen LogP contribution in [0.4, 0.5) is 0 Å². The molecule has 14 N–H and O–H groups in total. The largest absolute Gasteiger partial charge is 0.394 e. The van der Waals surface area contributed by atoms with E-state index in [0.29, 0.717) is 58.0 Å². The molecule has 17 nitrogen and oxygen atoms in total. The SMILES string of the molecule is CCCCCCCCCCCCCCCC(=O)N[C@@H](CCCCN)C(=O)N[C@@H](CCCCN)C(=O)N[C@@H](CC(C)C)C(=O)N[C@@H](CCCN=C(N)N)C(=O)N[C@@H](CO)C(C)=O. The Labute approximate surface area is 366 Å². The number of aliphatic hydroxyl groups excluding tert-OH is 1. The van der Waals surface area contributed by atoms with Gasteiger partial charge in [-0.25, -0.2) is 0 Å². The molecule has 0 aliphatic rings. The third kappa shape index (κ3) is 30.0. The van der Waals surface area contributed by atoms with E-state index in [4.69, 9.17) is 22.9 Å². The summed E-state index contributed by atoms with van der Waals surface area (Å²) < 4.78 is 0. The van der Waals surface area contributed by atoms with Crippen molar-refractivity contribution in [2.75, 3.05) is 26.2 Å². The Morgan fingerprint density at radius 1 is 0.525 bits per heavy atom. The number of hydrogen-bond donors (Lipinski definition) is 10. The number of carbonyl (C=O) groups excluding carboxylic acids is 6. The molecule has 5 amide bonds. The molecular weight excluding hydrogens is 781 g/mol. The van der Waals surface area contributed by atoms with Gasteiger partial charge in [-0.2, -0.15) is 0 Å². The minimum atomic E-state index is -1.17. The van der Waals surface area contributed by atoms with Crippen LogP contribution in [0.1, 0.15) is 175 Å². The zero-order valence-corrected chi connectivity index (χ0v) is 38.2. The van der Waals surface area contributed by atoms with Gasteiger partial charge in [0.1, 0.15) is 30.2 Å². The summed E-state index contributed by atoms with van der Waals surface area (Å²) in [6.07, 6.45) is 19.4. The van der Waals surface area contributed by atoms with Crippen molar-refractivity contribution in [1.29, 1.82) is 0 Å². The zero-order chi connectivity index (χ0) is 45.8.